The van der Waals surface area contributed by atoms with Crippen LogP contribution in [0.2, 0.25) is 0 Å². The smallest absolute Gasteiger partial charge is 0.00179 e. The lowest BCUT2D eigenvalue weighted by molar-refractivity contribution is 0.127. The van der Waals surface area contributed by atoms with E-state index in [2.05, 4.69) is 26.1 Å². The molecular weight excluding hydrogens is 158 g/mol. The molecule has 1 aliphatic heterocycles. The summed E-state index contributed by atoms with van der Waals surface area (Å²) in [6.45, 7) is 9.62. The Hall–Kier alpha value is -0.0400. The first kappa shape index (κ1) is 11.0. The SMILES string of the molecule is CCCCC[C@@]1(C)CCNC[C@@H]1C. The number of rotatable bonds is 4. The van der Waals surface area contributed by atoms with Gasteiger partial charge in [0.25, 0.3) is 0 Å². The van der Waals surface area contributed by atoms with Gasteiger partial charge >= 0.3 is 0 Å². The number of unbranched alkanes of at least 4 members (excludes halogenated alkanes) is 2. The summed E-state index contributed by atoms with van der Waals surface area (Å²) < 4.78 is 0. The van der Waals surface area contributed by atoms with E-state index < -0.39 is 0 Å². The van der Waals surface area contributed by atoms with Crippen LogP contribution in [0, 0.1) is 11.3 Å². The van der Waals surface area contributed by atoms with Gasteiger partial charge in [-0.1, -0.05) is 40.0 Å². The molecule has 1 nitrogen and oxygen atoms in total. The van der Waals surface area contributed by atoms with Crippen molar-refractivity contribution in [2.24, 2.45) is 11.3 Å². The normalized spacial score (nSPS) is 34.8. The molecule has 0 aliphatic carbocycles. The van der Waals surface area contributed by atoms with Crippen LogP contribution in [-0.4, -0.2) is 13.1 Å². The fraction of sp³-hybridized carbons (Fsp3) is 1.00. The molecule has 0 saturated carbocycles. The van der Waals surface area contributed by atoms with Gasteiger partial charge in [0.2, 0.25) is 0 Å². The van der Waals surface area contributed by atoms with E-state index in [4.69, 9.17) is 0 Å². The van der Waals surface area contributed by atoms with Gasteiger partial charge in [-0.2, -0.15) is 0 Å². The molecule has 1 rings (SSSR count). The van der Waals surface area contributed by atoms with Crippen LogP contribution in [-0.2, 0) is 0 Å². The van der Waals surface area contributed by atoms with Gasteiger partial charge in [-0.05, 0) is 37.3 Å². The zero-order chi connectivity index (χ0) is 9.73. The summed E-state index contributed by atoms with van der Waals surface area (Å²) in [5.41, 5.74) is 0.625. The van der Waals surface area contributed by atoms with Crippen molar-refractivity contribution in [2.45, 2.75) is 52.9 Å². The first-order valence-corrected chi connectivity index (χ1v) is 5.90. The second kappa shape index (κ2) is 4.99. The predicted octanol–water partition coefficient (Wildman–Crippen LogP) is 3.20. The van der Waals surface area contributed by atoms with E-state index in [1.807, 2.05) is 0 Å². The van der Waals surface area contributed by atoms with Gasteiger partial charge < -0.3 is 5.32 Å². The Kier molecular flexibility index (Phi) is 4.24. The molecule has 1 fully saturated rings. The monoisotopic (exact) mass is 183 g/mol. The summed E-state index contributed by atoms with van der Waals surface area (Å²) in [5, 5.41) is 3.48. The lowest BCUT2D eigenvalue weighted by Crippen LogP contribution is -2.42. The topological polar surface area (TPSA) is 12.0 Å². The summed E-state index contributed by atoms with van der Waals surface area (Å²) in [6.07, 6.45) is 7.00. The average molecular weight is 183 g/mol. The summed E-state index contributed by atoms with van der Waals surface area (Å²) in [5.74, 6) is 0.859. The second-order valence-electron chi connectivity index (χ2n) is 4.97. The highest BCUT2D eigenvalue weighted by Crippen LogP contribution is 2.38. The van der Waals surface area contributed by atoms with Crippen LogP contribution in [0.1, 0.15) is 52.9 Å². The van der Waals surface area contributed by atoms with E-state index in [1.165, 1.54) is 45.2 Å². The summed E-state index contributed by atoms with van der Waals surface area (Å²) >= 11 is 0. The Bertz CT molecular complexity index is 144. The third kappa shape index (κ3) is 2.98. The third-order valence-corrected chi connectivity index (χ3v) is 3.86. The van der Waals surface area contributed by atoms with Gasteiger partial charge in [0.15, 0.2) is 0 Å². The molecule has 2 atom stereocenters. The van der Waals surface area contributed by atoms with Crippen LogP contribution in [0.3, 0.4) is 0 Å². The minimum Gasteiger partial charge on any atom is -0.316 e. The predicted molar refractivity (Wildman–Crippen MR) is 58.9 cm³/mol. The van der Waals surface area contributed by atoms with Gasteiger partial charge in [-0.3, -0.25) is 0 Å². The van der Waals surface area contributed by atoms with Crippen LogP contribution in [0.5, 0.6) is 0 Å². The lowest BCUT2D eigenvalue weighted by Gasteiger charge is -2.40. The largest absolute Gasteiger partial charge is 0.316 e. The van der Waals surface area contributed by atoms with Gasteiger partial charge in [0.1, 0.15) is 0 Å². The van der Waals surface area contributed by atoms with E-state index in [1.54, 1.807) is 0 Å². The molecule has 0 radical (unpaired) electrons. The minimum absolute atomic E-state index is 0.625. The van der Waals surface area contributed by atoms with E-state index in [9.17, 15) is 0 Å². The Morgan fingerprint density at radius 1 is 1.38 bits per heavy atom. The fourth-order valence-corrected chi connectivity index (χ4v) is 2.34. The first-order chi connectivity index (χ1) is 6.19. The second-order valence-corrected chi connectivity index (χ2v) is 4.97. The number of nitrogens with one attached hydrogen (secondary N) is 1. The molecule has 0 spiro atoms. The standard InChI is InChI=1S/C12H25N/c1-4-5-6-7-12(3)8-9-13-10-11(12)2/h11,13H,4-10H2,1-3H3/t11-,12-/m0/s1. The highest BCUT2D eigenvalue weighted by atomic mass is 14.9. The van der Waals surface area contributed by atoms with Crippen molar-refractivity contribution in [2.75, 3.05) is 13.1 Å². The first-order valence-electron chi connectivity index (χ1n) is 5.90. The van der Waals surface area contributed by atoms with E-state index in [-0.39, 0.29) is 0 Å². The van der Waals surface area contributed by atoms with Crippen molar-refractivity contribution in [3.63, 3.8) is 0 Å². The molecule has 0 unspecified atom stereocenters. The molecule has 0 aromatic carbocycles. The zero-order valence-electron chi connectivity index (χ0n) is 9.53. The van der Waals surface area contributed by atoms with Gasteiger partial charge in [0, 0.05) is 0 Å². The third-order valence-electron chi connectivity index (χ3n) is 3.86. The summed E-state index contributed by atoms with van der Waals surface area (Å²) in [7, 11) is 0. The average Bonchev–Trinajstić information content (AvgIpc) is 2.11. The summed E-state index contributed by atoms with van der Waals surface area (Å²) in [6, 6.07) is 0. The Balaban J connectivity index is 2.33. The molecule has 1 N–H and O–H groups in total. The maximum absolute atomic E-state index is 3.48. The Morgan fingerprint density at radius 2 is 2.15 bits per heavy atom. The van der Waals surface area contributed by atoms with Crippen LogP contribution in [0.25, 0.3) is 0 Å². The molecule has 0 aromatic heterocycles. The molecule has 1 aliphatic rings. The molecule has 13 heavy (non-hydrogen) atoms. The Morgan fingerprint density at radius 3 is 2.77 bits per heavy atom. The van der Waals surface area contributed by atoms with Gasteiger partial charge in [0.05, 0.1) is 0 Å². The van der Waals surface area contributed by atoms with Gasteiger partial charge in [-0.25, -0.2) is 0 Å². The maximum atomic E-state index is 3.48. The highest BCUT2D eigenvalue weighted by Gasteiger charge is 2.32. The molecule has 1 heterocycles. The molecule has 78 valence electrons. The minimum atomic E-state index is 0.625. The van der Waals surface area contributed by atoms with E-state index >= 15 is 0 Å². The van der Waals surface area contributed by atoms with E-state index in [0.29, 0.717) is 5.41 Å². The maximum Gasteiger partial charge on any atom is -0.00179 e. The molecule has 0 bridgehead atoms. The molecular formula is C12H25N. The lowest BCUT2D eigenvalue weighted by atomic mass is 9.70. The van der Waals surface area contributed by atoms with Crippen LogP contribution < -0.4 is 5.32 Å². The Labute approximate surface area is 83.3 Å². The van der Waals surface area contributed by atoms with Crippen molar-refractivity contribution >= 4 is 0 Å². The zero-order valence-corrected chi connectivity index (χ0v) is 9.53. The summed E-state index contributed by atoms with van der Waals surface area (Å²) in [4.78, 5) is 0. The van der Waals surface area contributed by atoms with Gasteiger partial charge in [-0.15, -0.1) is 0 Å². The molecule has 0 amide bonds. The quantitative estimate of drug-likeness (QED) is 0.660. The van der Waals surface area contributed by atoms with Crippen LogP contribution in [0.15, 0.2) is 0 Å². The molecule has 1 heteroatoms. The highest BCUT2D eigenvalue weighted by molar-refractivity contribution is 4.85. The van der Waals surface area contributed by atoms with Crippen molar-refractivity contribution in [1.29, 1.82) is 0 Å². The van der Waals surface area contributed by atoms with E-state index in [0.717, 1.165) is 5.92 Å². The molecule has 0 aromatic rings. The number of piperidine rings is 1. The van der Waals surface area contributed by atoms with Crippen LogP contribution >= 0.6 is 0 Å². The number of hydrogen-bond donors (Lipinski definition) is 1. The fourth-order valence-electron chi connectivity index (χ4n) is 2.34. The van der Waals surface area contributed by atoms with Crippen LogP contribution in [0.4, 0.5) is 0 Å². The van der Waals surface area contributed by atoms with Crippen molar-refractivity contribution in [3.05, 3.63) is 0 Å². The molecule has 1 saturated heterocycles. The van der Waals surface area contributed by atoms with Crippen molar-refractivity contribution < 1.29 is 0 Å². The van der Waals surface area contributed by atoms with Crippen molar-refractivity contribution in [1.82, 2.24) is 5.32 Å². The number of hydrogen-bond acceptors (Lipinski definition) is 1. The van der Waals surface area contributed by atoms with Crippen molar-refractivity contribution in [3.8, 4) is 0 Å².